The molecule has 0 radical (unpaired) electrons. The van der Waals surface area contributed by atoms with Crippen molar-refractivity contribution >= 4 is 23.0 Å². The number of anilines is 1. The SMILES string of the molecule is CN(C)c1ccc(N=Nc2ccc(C(=O)Oc3ccc(OC#N)cc3)cc2)cc1. The molecule has 0 aliphatic heterocycles. The van der Waals surface area contributed by atoms with Crippen molar-refractivity contribution in [1.82, 2.24) is 0 Å². The van der Waals surface area contributed by atoms with Gasteiger partial charge in [-0.1, -0.05) is 0 Å². The lowest BCUT2D eigenvalue weighted by atomic mass is 10.2. The Labute approximate surface area is 168 Å². The third-order valence-corrected chi connectivity index (χ3v) is 3.95. The number of benzene rings is 3. The molecule has 3 aromatic carbocycles. The van der Waals surface area contributed by atoms with Crippen LogP contribution in [0.3, 0.4) is 0 Å². The van der Waals surface area contributed by atoms with Gasteiger partial charge in [0.05, 0.1) is 16.9 Å². The van der Waals surface area contributed by atoms with Gasteiger partial charge in [-0.05, 0) is 72.8 Å². The van der Waals surface area contributed by atoms with Crippen LogP contribution in [0.4, 0.5) is 17.1 Å². The van der Waals surface area contributed by atoms with Crippen molar-refractivity contribution in [3.05, 3.63) is 78.4 Å². The molecule has 7 nitrogen and oxygen atoms in total. The summed E-state index contributed by atoms with van der Waals surface area (Å²) in [6, 6.07) is 20.5. The number of esters is 1. The number of azo groups is 1. The first-order chi connectivity index (χ1) is 14.0. The van der Waals surface area contributed by atoms with Gasteiger partial charge in [0.15, 0.2) is 0 Å². The zero-order valence-electron chi connectivity index (χ0n) is 15.9. The number of rotatable bonds is 6. The monoisotopic (exact) mass is 386 g/mol. The maximum Gasteiger partial charge on any atom is 0.343 e. The summed E-state index contributed by atoms with van der Waals surface area (Å²) in [5.41, 5.74) is 2.83. The molecule has 144 valence electrons. The first-order valence-corrected chi connectivity index (χ1v) is 8.72. The Morgan fingerprint density at radius 2 is 1.34 bits per heavy atom. The van der Waals surface area contributed by atoms with E-state index in [1.807, 2.05) is 43.3 Å². The van der Waals surface area contributed by atoms with Gasteiger partial charge < -0.3 is 14.4 Å². The van der Waals surface area contributed by atoms with Gasteiger partial charge in [-0.3, -0.25) is 0 Å². The first kappa shape index (κ1) is 19.6. The fourth-order valence-corrected chi connectivity index (χ4v) is 2.39. The number of ether oxygens (including phenoxy) is 2. The standard InChI is InChI=1S/C22H18N4O3/c1-26(2)19-9-7-18(8-10-19)25-24-17-5-3-16(4-6-17)22(27)29-21-13-11-20(12-14-21)28-15-23/h3-14H,1-2H3. The van der Waals surface area contributed by atoms with Crippen LogP contribution in [-0.4, -0.2) is 20.1 Å². The molecule has 29 heavy (non-hydrogen) atoms. The largest absolute Gasteiger partial charge is 0.423 e. The molecule has 0 saturated carbocycles. The van der Waals surface area contributed by atoms with Gasteiger partial charge in [-0.25, -0.2) is 4.79 Å². The first-order valence-electron chi connectivity index (χ1n) is 8.72. The van der Waals surface area contributed by atoms with Crippen LogP contribution in [0.1, 0.15) is 10.4 Å². The summed E-state index contributed by atoms with van der Waals surface area (Å²) < 4.78 is 9.98. The molecule has 0 aromatic heterocycles. The van der Waals surface area contributed by atoms with Crippen LogP contribution in [0, 0.1) is 11.5 Å². The molecule has 0 unspecified atom stereocenters. The molecular formula is C22H18N4O3. The van der Waals surface area contributed by atoms with Crippen molar-refractivity contribution in [2.75, 3.05) is 19.0 Å². The number of hydrogen-bond donors (Lipinski definition) is 0. The molecule has 7 heteroatoms. The Bertz CT molecular complexity index is 1040. The average molecular weight is 386 g/mol. The Balaban J connectivity index is 1.61. The summed E-state index contributed by atoms with van der Waals surface area (Å²) in [5.74, 6) is 0.227. The molecule has 0 heterocycles. The number of carbonyl (C=O) groups is 1. The maximum absolute atomic E-state index is 12.2. The van der Waals surface area contributed by atoms with Crippen LogP contribution in [0.25, 0.3) is 0 Å². The van der Waals surface area contributed by atoms with Gasteiger partial charge in [0.2, 0.25) is 0 Å². The smallest absolute Gasteiger partial charge is 0.343 e. The molecule has 3 aromatic rings. The molecule has 0 fully saturated rings. The maximum atomic E-state index is 12.2. The minimum atomic E-state index is -0.498. The Hall–Kier alpha value is -4.18. The van der Waals surface area contributed by atoms with E-state index in [9.17, 15) is 4.79 Å². The molecule has 3 rings (SSSR count). The van der Waals surface area contributed by atoms with E-state index < -0.39 is 5.97 Å². The normalized spacial score (nSPS) is 10.4. The van der Waals surface area contributed by atoms with Crippen LogP contribution < -0.4 is 14.4 Å². The highest BCUT2D eigenvalue weighted by Gasteiger charge is 2.09. The molecule has 0 atom stereocenters. The Kier molecular flexibility index (Phi) is 6.18. The van der Waals surface area contributed by atoms with Crippen molar-refractivity contribution in [2.24, 2.45) is 10.2 Å². The van der Waals surface area contributed by atoms with Crippen molar-refractivity contribution in [2.45, 2.75) is 0 Å². The summed E-state index contributed by atoms with van der Waals surface area (Å²) in [6.45, 7) is 0. The second kappa shape index (κ2) is 9.15. The van der Waals surface area contributed by atoms with Gasteiger partial charge in [-0.15, -0.1) is 5.26 Å². The highest BCUT2D eigenvalue weighted by atomic mass is 16.5. The van der Waals surface area contributed by atoms with E-state index in [4.69, 9.17) is 10.00 Å². The lowest BCUT2D eigenvalue weighted by molar-refractivity contribution is 0.0734. The lowest BCUT2D eigenvalue weighted by Crippen LogP contribution is -2.07. The highest BCUT2D eigenvalue weighted by Crippen LogP contribution is 2.22. The van der Waals surface area contributed by atoms with Gasteiger partial charge in [0.1, 0.15) is 11.5 Å². The molecule has 0 spiro atoms. The molecule has 0 saturated heterocycles. The number of nitrogens with zero attached hydrogens (tertiary/aromatic N) is 4. The third kappa shape index (κ3) is 5.40. The number of carbonyl (C=O) groups excluding carboxylic acids is 1. The molecule has 0 bridgehead atoms. The second-order valence-electron chi connectivity index (χ2n) is 6.21. The van der Waals surface area contributed by atoms with E-state index in [0.29, 0.717) is 22.7 Å². The fraction of sp³-hybridized carbons (Fsp3) is 0.0909. The van der Waals surface area contributed by atoms with Crippen LogP contribution in [0.5, 0.6) is 11.5 Å². The zero-order valence-corrected chi connectivity index (χ0v) is 15.9. The predicted molar refractivity (Wildman–Crippen MR) is 109 cm³/mol. The number of hydrogen-bond acceptors (Lipinski definition) is 7. The average Bonchev–Trinajstić information content (AvgIpc) is 2.74. The van der Waals surface area contributed by atoms with E-state index in [1.54, 1.807) is 54.8 Å². The van der Waals surface area contributed by atoms with Gasteiger partial charge in [0.25, 0.3) is 6.26 Å². The zero-order chi connectivity index (χ0) is 20.6. The Morgan fingerprint density at radius 3 is 1.86 bits per heavy atom. The lowest BCUT2D eigenvalue weighted by Gasteiger charge is -2.11. The predicted octanol–water partition coefficient (Wildman–Crippen LogP) is 5.25. The topological polar surface area (TPSA) is 87.3 Å². The summed E-state index contributed by atoms with van der Waals surface area (Å²) in [6.07, 6.45) is 1.58. The highest BCUT2D eigenvalue weighted by molar-refractivity contribution is 5.91. The van der Waals surface area contributed by atoms with Gasteiger partial charge in [-0.2, -0.15) is 10.2 Å². The van der Waals surface area contributed by atoms with Crippen LogP contribution in [0.15, 0.2) is 83.0 Å². The fourth-order valence-electron chi connectivity index (χ4n) is 2.39. The van der Waals surface area contributed by atoms with Crippen LogP contribution in [0.2, 0.25) is 0 Å². The van der Waals surface area contributed by atoms with E-state index in [2.05, 4.69) is 15.0 Å². The Morgan fingerprint density at radius 1 is 0.828 bits per heavy atom. The molecule has 0 amide bonds. The van der Waals surface area contributed by atoms with Crippen molar-refractivity contribution < 1.29 is 14.3 Å². The van der Waals surface area contributed by atoms with Crippen molar-refractivity contribution in [3.8, 4) is 17.8 Å². The molecule has 0 aliphatic rings. The van der Waals surface area contributed by atoms with E-state index in [0.717, 1.165) is 11.4 Å². The van der Waals surface area contributed by atoms with E-state index >= 15 is 0 Å². The molecule has 0 aliphatic carbocycles. The minimum Gasteiger partial charge on any atom is -0.423 e. The third-order valence-electron chi connectivity index (χ3n) is 3.95. The van der Waals surface area contributed by atoms with Gasteiger partial charge in [0, 0.05) is 19.8 Å². The van der Waals surface area contributed by atoms with Gasteiger partial charge >= 0.3 is 5.97 Å². The van der Waals surface area contributed by atoms with Crippen molar-refractivity contribution in [1.29, 1.82) is 5.26 Å². The minimum absolute atomic E-state index is 0.352. The van der Waals surface area contributed by atoms with E-state index in [-0.39, 0.29) is 0 Å². The second-order valence-corrected chi connectivity index (χ2v) is 6.21. The van der Waals surface area contributed by atoms with Crippen molar-refractivity contribution in [3.63, 3.8) is 0 Å². The summed E-state index contributed by atoms with van der Waals surface area (Å²) >= 11 is 0. The quantitative estimate of drug-likeness (QED) is 0.250. The summed E-state index contributed by atoms with van der Waals surface area (Å²) in [7, 11) is 3.95. The summed E-state index contributed by atoms with van der Waals surface area (Å²) in [4.78, 5) is 14.2. The number of nitriles is 1. The van der Waals surface area contributed by atoms with Crippen LogP contribution in [-0.2, 0) is 0 Å². The van der Waals surface area contributed by atoms with Crippen LogP contribution >= 0.6 is 0 Å². The molecular weight excluding hydrogens is 368 g/mol. The molecule has 0 N–H and O–H groups in total. The van der Waals surface area contributed by atoms with E-state index in [1.165, 1.54) is 0 Å². The summed E-state index contributed by atoms with van der Waals surface area (Å²) in [5, 5.41) is 16.8.